The molecule has 1 aliphatic heterocycles. The van der Waals surface area contributed by atoms with Crippen molar-refractivity contribution in [1.29, 1.82) is 0 Å². The lowest BCUT2D eigenvalue weighted by atomic mass is 10.0. The summed E-state index contributed by atoms with van der Waals surface area (Å²) in [6.07, 6.45) is 1.31. The van der Waals surface area contributed by atoms with Gasteiger partial charge in [0, 0.05) is 17.0 Å². The average molecular weight is 406 g/mol. The highest BCUT2D eigenvalue weighted by atomic mass is 35.5. The Labute approximate surface area is 162 Å². The molecule has 0 fully saturated rings. The van der Waals surface area contributed by atoms with E-state index in [0.29, 0.717) is 27.1 Å². The van der Waals surface area contributed by atoms with E-state index < -0.39 is 6.17 Å². The van der Waals surface area contributed by atoms with Crippen LogP contribution in [0.25, 0.3) is 11.3 Å². The van der Waals surface area contributed by atoms with Crippen molar-refractivity contribution in [3.05, 3.63) is 56.0 Å². The minimum absolute atomic E-state index is 0.141. The van der Waals surface area contributed by atoms with Gasteiger partial charge in [-0.3, -0.25) is 14.6 Å². The average Bonchev–Trinajstić information content (AvgIpc) is 3.13. The Morgan fingerprint density at radius 1 is 1.42 bits per heavy atom. The SMILES string of the molecule is CSc1n[n+]2c(c(=O)[nH]1)-c1cc(Cl)ccc1N(C(C)=O)[C@@H]2c1cccs1. The van der Waals surface area contributed by atoms with Crippen molar-refractivity contribution in [1.82, 2.24) is 10.1 Å². The lowest BCUT2D eigenvalue weighted by molar-refractivity contribution is -0.762. The molecule has 4 rings (SSSR count). The standard InChI is InChI=1S/C17H13ClN4O2S2/c1-9(23)21-12-6-5-10(18)8-11(12)14-15(24)19-17(25-2)20-22(14)16(21)13-4-3-7-26-13/h3-8,16H,1-2H3/p+1/t16-/m0/s1. The zero-order valence-electron chi connectivity index (χ0n) is 13.9. The first-order chi connectivity index (χ1) is 12.5. The molecular weight excluding hydrogens is 392 g/mol. The number of anilines is 1. The van der Waals surface area contributed by atoms with Gasteiger partial charge < -0.3 is 0 Å². The molecule has 132 valence electrons. The Bertz CT molecular complexity index is 1070. The van der Waals surface area contributed by atoms with Gasteiger partial charge in [-0.05, 0) is 40.6 Å². The van der Waals surface area contributed by atoms with Gasteiger partial charge in [-0.15, -0.1) is 11.3 Å². The van der Waals surface area contributed by atoms with Crippen molar-refractivity contribution in [2.45, 2.75) is 18.2 Å². The molecule has 1 N–H and O–H groups in total. The van der Waals surface area contributed by atoms with Crippen LogP contribution in [0, 0.1) is 0 Å². The van der Waals surface area contributed by atoms with E-state index in [4.69, 9.17) is 11.6 Å². The molecule has 0 spiro atoms. The first-order valence-electron chi connectivity index (χ1n) is 7.74. The number of carbonyl (C=O) groups excluding carboxylic acids is 1. The number of aromatic amines is 1. The van der Waals surface area contributed by atoms with Crippen LogP contribution in [0.2, 0.25) is 5.02 Å². The van der Waals surface area contributed by atoms with Crippen LogP contribution in [0.1, 0.15) is 18.0 Å². The first kappa shape index (κ1) is 17.3. The number of nitrogens with one attached hydrogen (secondary N) is 1. The van der Waals surface area contributed by atoms with Gasteiger partial charge in [-0.1, -0.05) is 29.4 Å². The zero-order chi connectivity index (χ0) is 18.4. The van der Waals surface area contributed by atoms with E-state index >= 15 is 0 Å². The summed E-state index contributed by atoms with van der Waals surface area (Å²) in [5, 5.41) is 7.49. The fourth-order valence-electron chi connectivity index (χ4n) is 3.12. The minimum atomic E-state index is -0.524. The van der Waals surface area contributed by atoms with Crippen molar-refractivity contribution in [2.24, 2.45) is 0 Å². The van der Waals surface area contributed by atoms with Gasteiger partial charge in [0.05, 0.1) is 16.1 Å². The molecule has 1 aromatic carbocycles. The summed E-state index contributed by atoms with van der Waals surface area (Å²) in [5.41, 5.74) is 1.35. The second-order valence-corrected chi connectivity index (χ2v) is 7.91. The summed E-state index contributed by atoms with van der Waals surface area (Å²) in [5.74, 6) is -0.141. The maximum absolute atomic E-state index is 12.8. The number of hydrogen-bond donors (Lipinski definition) is 1. The number of hydrogen-bond acceptors (Lipinski definition) is 5. The number of thiophene rings is 1. The number of fused-ring (bicyclic) bond motifs is 3. The highest BCUT2D eigenvalue weighted by Gasteiger charge is 2.45. The molecule has 3 heterocycles. The lowest BCUT2D eigenvalue weighted by Gasteiger charge is -2.30. The highest BCUT2D eigenvalue weighted by molar-refractivity contribution is 7.98. The second kappa shape index (κ2) is 6.53. The third kappa shape index (κ3) is 2.65. The van der Waals surface area contributed by atoms with Crippen LogP contribution in [-0.4, -0.2) is 22.2 Å². The Morgan fingerprint density at radius 3 is 2.88 bits per heavy atom. The normalized spacial score (nSPS) is 15.5. The molecule has 0 saturated carbocycles. The van der Waals surface area contributed by atoms with E-state index in [-0.39, 0.29) is 11.5 Å². The summed E-state index contributed by atoms with van der Waals surface area (Å²) >= 11 is 9.02. The van der Waals surface area contributed by atoms with Crippen LogP contribution < -0.4 is 15.1 Å². The van der Waals surface area contributed by atoms with E-state index in [1.165, 1.54) is 30.0 Å². The number of aromatic nitrogens is 3. The topological polar surface area (TPSA) is 69.9 Å². The minimum Gasteiger partial charge on any atom is -0.291 e. The molecule has 0 aliphatic carbocycles. The Balaban J connectivity index is 2.12. The molecule has 6 nitrogen and oxygen atoms in total. The fraction of sp³-hybridized carbons (Fsp3) is 0.176. The van der Waals surface area contributed by atoms with Crippen molar-refractivity contribution in [3.8, 4) is 11.3 Å². The van der Waals surface area contributed by atoms with Crippen LogP contribution in [0.4, 0.5) is 5.69 Å². The van der Waals surface area contributed by atoms with Crippen LogP contribution >= 0.6 is 34.7 Å². The number of thioether (sulfide) groups is 1. The summed E-state index contributed by atoms with van der Waals surface area (Å²) in [6, 6.07) is 9.03. The van der Waals surface area contributed by atoms with Gasteiger partial charge in [0.25, 0.3) is 0 Å². The summed E-state index contributed by atoms with van der Waals surface area (Å²) in [6.45, 7) is 1.51. The van der Waals surface area contributed by atoms with Gasteiger partial charge in [0.15, 0.2) is 0 Å². The number of halogens is 1. The number of benzene rings is 1. The number of H-pyrrole nitrogens is 1. The molecule has 1 amide bonds. The summed E-state index contributed by atoms with van der Waals surface area (Å²) in [4.78, 5) is 30.8. The van der Waals surface area contributed by atoms with Gasteiger partial charge in [0.1, 0.15) is 0 Å². The van der Waals surface area contributed by atoms with Gasteiger partial charge in [-0.25, -0.2) is 4.90 Å². The van der Waals surface area contributed by atoms with E-state index in [1.54, 1.807) is 27.8 Å². The van der Waals surface area contributed by atoms with Crippen molar-refractivity contribution < 1.29 is 9.48 Å². The van der Waals surface area contributed by atoms with E-state index in [2.05, 4.69) is 10.1 Å². The summed E-state index contributed by atoms with van der Waals surface area (Å²) < 4.78 is 1.62. The van der Waals surface area contributed by atoms with Crippen LogP contribution in [0.5, 0.6) is 0 Å². The Morgan fingerprint density at radius 2 is 2.23 bits per heavy atom. The Hall–Kier alpha value is -2.16. The molecule has 3 aromatic rings. The predicted molar refractivity (Wildman–Crippen MR) is 103 cm³/mol. The molecule has 26 heavy (non-hydrogen) atoms. The Kier molecular flexibility index (Phi) is 4.34. The maximum Gasteiger partial charge on any atom is 0.325 e. The second-order valence-electron chi connectivity index (χ2n) is 5.70. The summed E-state index contributed by atoms with van der Waals surface area (Å²) in [7, 11) is 0. The fourth-order valence-corrected chi connectivity index (χ4v) is 4.46. The van der Waals surface area contributed by atoms with Crippen LogP contribution in [0.15, 0.2) is 45.7 Å². The van der Waals surface area contributed by atoms with Gasteiger partial charge in [0.2, 0.25) is 11.1 Å². The van der Waals surface area contributed by atoms with Crippen molar-refractivity contribution >= 4 is 46.3 Å². The first-order valence-corrected chi connectivity index (χ1v) is 10.2. The van der Waals surface area contributed by atoms with Gasteiger partial charge in [-0.2, -0.15) is 0 Å². The number of nitrogens with zero attached hydrogens (tertiary/aromatic N) is 3. The molecule has 0 unspecified atom stereocenters. The molecule has 1 aliphatic rings. The number of carbonyl (C=O) groups is 1. The molecule has 0 bridgehead atoms. The maximum atomic E-state index is 12.8. The van der Waals surface area contributed by atoms with Crippen LogP contribution in [-0.2, 0) is 4.79 Å². The van der Waals surface area contributed by atoms with Crippen LogP contribution in [0.3, 0.4) is 0 Å². The quantitative estimate of drug-likeness (QED) is 0.525. The molecule has 0 radical (unpaired) electrons. The van der Waals surface area contributed by atoms with Crippen molar-refractivity contribution in [3.63, 3.8) is 0 Å². The zero-order valence-corrected chi connectivity index (χ0v) is 16.3. The molecule has 2 aromatic heterocycles. The molecular formula is C17H14ClN4O2S2+. The monoisotopic (exact) mass is 405 g/mol. The number of amides is 1. The highest BCUT2D eigenvalue weighted by Crippen LogP contribution is 2.39. The molecule has 9 heteroatoms. The van der Waals surface area contributed by atoms with E-state index in [1.807, 2.05) is 23.8 Å². The smallest absolute Gasteiger partial charge is 0.291 e. The third-order valence-electron chi connectivity index (χ3n) is 4.14. The van der Waals surface area contributed by atoms with E-state index in [9.17, 15) is 9.59 Å². The largest absolute Gasteiger partial charge is 0.325 e. The van der Waals surface area contributed by atoms with Gasteiger partial charge >= 0.3 is 17.4 Å². The predicted octanol–water partition coefficient (Wildman–Crippen LogP) is 3.07. The number of rotatable bonds is 2. The van der Waals surface area contributed by atoms with Crippen molar-refractivity contribution in [2.75, 3.05) is 11.2 Å². The lowest BCUT2D eigenvalue weighted by Crippen LogP contribution is -2.60. The molecule has 1 atom stereocenters. The third-order valence-corrected chi connectivity index (χ3v) is 5.86. The van der Waals surface area contributed by atoms with E-state index in [0.717, 1.165) is 4.88 Å². The molecule has 0 saturated heterocycles.